The highest BCUT2D eigenvalue weighted by molar-refractivity contribution is 6.60. The number of rotatable bonds is 7. The van der Waals surface area contributed by atoms with Gasteiger partial charge in [-0.1, -0.05) is 6.08 Å². The van der Waals surface area contributed by atoms with E-state index in [2.05, 4.69) is 6.58 Å². The molecule has 0 aromatic rings. The van der Waals surface area contributed by atoms with Crippen LogP contribution < -0.4 is 0 Å². The third-order valence-corrected chi connectivity index (χ3v) is 5.73. The zero-order valence-electron chi connectivity index (χ0n) is 7.83. The predicted molar refractivity (Wildman–Crippen MR) is 51.4 cm³/mol. The van der Waals surface area contributed by atoms with Crippen LogP contribution in [0, 0.1) is 0 Å². The fourth-order valence-electron chi connectivity index (χ4n) is 0.694. The number of hydrogen-bond acceptors (Lipinski definition) is 4. The molecule has 0 aliphatic carbocycles. The molecule has 0 saturated carbocycles. The lowest BCUT2D eigenvalue weighted by Crippen LogP contribution is -2.47. The van der Waals surface area contributed by atoms with Crippen LogP contribution in [0.3, 0.4) is 0 Å². The fourth-order valence-corrected chi connectivity index (χ4v) is 4.25. The zero-order chi connectivity index (χ0) is 9.45. The van der Waals surface area contributed by atoms with Crippen molar-refractivity contribution in [3.05, 3.63) is 12.7 Å². The summed E-state index contributed by atoms with van der Waals surface area (Å²) >= 11 is 0. The van der Waals surface area contributed by atoms with Crippen LogP contribution in [-0.4, -0.2) is 40.1 Å². The van der Waals surface area contributed by atoms with Gasteiger partial charge in [0.05, 0.1) is 0 Å². The molecule has 0 unspecified atom stereocenters. The van der Waals surface area contributed by atoms with E-state index in [4.69, 9.17) is 17.4 Å². The maximum absolute atomic E-state index is 5.46. The molecule has 0 fully saturated rings. The van der Waals surface area contributed by atoms with Crippen molar-refractivity contribution in [2.24, 2.45) is 0 Å². The molecule has 0 saturated heterocycles. The van der Waals surface area contributed by atoms with Gasteiger partial charge in [-0.25, -0.2) is 0 Å². The fraction of sp³-hybridized carbons (Fsp3) is 0.667. The van der Waals surface area contributed by atoms with Gasteiger partial charge in [-0.05, 0) is 6.04 Å². The summed E-state index contributed by atoms with van der Waals surface area (Å²) in [5.74, 6) is 0. The Morgan fingerprint density at radius 1 is 1.25 bits per heavy atom. The summed E-state index contributed by atoms with van der Waals surface area (Å²) in [4.78, 5) is 0. The van der Waals surface area contributed by atoms with Gasteiger partial charge in [-0.15, -0.1) is 6.58 Å². The number of hydrogen-bond donors (Lipinski definition) is 0. The van der Waals surface area contributed by atoms with E-state index in [0.717, 1.165) is 6.04 Å². The van der Waals surface area contributed by atoms with Gasteiger partial charge < -0.3 is 17.4 Å². The SMILES string of the molecule is C=CC[SiH2]O[Si](OC)(OC)OC. The van der Waals surface area contributed by atoms with Crippen molar-refractivity contribution < 1.29 is 17.4 Å². The molecule has 0 aliphatic rings. The summed E-state index contributed by atoms with van der Waals surface area (Å²) in [5, 5.41) is 0. The first kappa shape index (κ1) is 12.0. The molecule has 0 heterocycles. The summed E-state index contributed by atoms with van der Waals surface area (Å²) in [6, 6.07) is 0.894. The Labute approximate surface area is 76.9 Å². The van der Waals surface area contributed by atoms with E-state index in [1.807, 2.05) is 6.08 Å². The highest BCUT2D eigenvalue weighted by Gasteiger charge is 2.41. The van der Waals surface area contributed by atoms with Crippen LogP contribution in [0.5, 0.6) is 0 Å². The highest BCUT2D eigenvalue weighted by Crippen LogP contribution is 2.07. The molecule has 0 spiro atoms. The van der Waals surface area contributed by atoms with Crippen LogP contribution in [-0.2, 0) is 17.4 Å². The smallest absolute Gasteiger partial charge is 0.399 e. The first-order valence-corrected chi connectivity index (χ1v) is 6.86. The molecule has 0 rings (SSSR count). The Morgan fingerprint density at radius 3 is 2.08 bits per heavy atom. The second-order valence-corrected chi connectivity index (χ2v) is 6.40. The van der Waals surface area contributed by atoms with Crippen molar-refractivity contribution >= 4 is 18.8 Å². The molecule has 0 amide bonds. The van der Waals surface area contributed by atoms with E-state index in [1.165, 1.54) is 21.3 Å². The van der Waals surface area contributed by atoms with E-state index in [-0.39, 0.29) is 0 Å². The van der Waals surface area contributed by atoms with Gasteiger partial charge in [0, 0.05) is 21.3 Å². The largest absolute Gasteiger partial charge is 0.667 e. The Balaban J connectivity index is 3.84. The van der Waals surface area contributed by atoms with E-state index >= 15 is 0 Å². The predicted octanol–water partition coefficient (Wildman–Crippen LogP) is 0.0659. The summed E-state index contributed by atoms with van der Waals surface area (Å²) < 4.78 is 20.6. The van der Waals surface area contributed by atoms with Crippen molar-refractivity contribution in [1.29, 1.82) is 0 Å². The van der Waals surface area contributed by atoms with Crippen molar-refractivity contribution in [2.75, 3.05) is 21.3 Å². The third-order valence-electron chi connectivity index (χ3n) is 1.35. The van der Waals surface area contributed by atoms with Crippen LogP contribution in [0.1, 0.15) is 0 Å². The average Bonchev–Trinajstić information content (AvgIpc) is 2.14. The van der Waals surface area contributed by atoms with E-state index in [9.17, 15) is 0 Å². The van der Waals surface area contributed by atoms with Crippen LogP contribution in [0.25, 0.3) is 0 Å². The Hall–Kier alpha value is 0.0138. The summed E-state index contributed by atoms with van der Waals surface area (Å²) in [6.45, 7) is 3.61. The Bertz CT molecular complexity index is 118. The first-order chi connectivity index (χ1) is 5.74. The molecule has 0 aromatic carbocycles. The molecule has 0 atom stereocenters. The zero-order valence-corrected chi connectivity index (χ0v) is 10.2. The van der Waals surface area contributed by atoms with Gasteiger partial charge in [0.1, 0.15) is 0 Å². The molecule has 0 bridgehead atoms. The lowest BCUT2D eigenvalue weighted by Gasteiger charge is -2.22. The van der Waals surface area contributed by atoms with Crippen LogP contribution in [0.2, 0.25) is 6.04 Å². The lowest BCUT2D eigenvalue weighted by molar-refractivity contribution is 0.0525. The van der Waals surface area contributed by atoms with Gasteiger partial charge in [-0.3, -0.25) is 0 Å². The standard InChI is InChI=1S/C6H16O4Si2/c1-5-6-11-10-12(7-2,8-3)9-4/h5H,1,6,11H2,2-4H3. The van der Waals surface area contributed by atoms with Gasteiger partial charge in [-0.2, -0.15) is 0 Å². The topological polar surface area (TPSA) is 36.9 Å². The molecule has 0 aliphatic heterocycles. The molecule has 72 valence electrons. The van der Waals surface area contributed by atoms with Gasteiger partial charge in [0.25, 0.3) is 0 Å². The average molecular weight is 208 g/mol. The summed E-state index contributed by atoms with van der Waals surface area (Å²) in [5.41, 5.74) is 0. The first-order valence-electron chi connectivity index (χ1n) is 3.65. The second kappa shape index (κ2) is 6.52. The highest BCUT2D eigenvalue weighted by atomic mass is 28.4. The van der Waals surface area contributed by atoms with E-state index in [0.29, 0.717) is 0 Å². The van der Waals surface area contributed by atoms with Gasteiger partial charge in [0.15, 0.2) is 9.76 Å². The normalized spacial score (nSPS) is 12.6. The quantitative estimate of drug-likeness (QED) is 0.337. The minimum Gasteiger partial charge on any atom is -0.399 e. The van der Waals surface area contributed by atoms with Crippen molar-refractivity contribution in [2.45, 2.75) is 6.04 Å². The number of allylic oxidation sites excluding steroid dienone is 1. The van der Waals surface area contributed by atoms with Gasteiger partial charge >= 0.3 is 9.05 Å². The van der Waals surface area contributed by atoms with E-state index in [1.54, 1.807) is 0 Å². The summed E-state index contributed by atoms with van der Waals surface area (Å²) in [6.07, 6.45) is 1.83. The molecule has 0 aromatic heterocycles. The maximum atomic E-state index is 5.46. The van der Waals surface area contributed by atoms with Gasteiger partial charge in [0.2, 0.25) is 0 Å². The molecule has 4 nitrogen and oxygen atoms in total. The Kier molecular flexibility index (Phi) is 6.53. The monoisotopic (exact) mass is 208 g/mol. The summed E-state index contributed by atoms with van der Waals surface area (Å²) in [7, 11) is 1.19. The minimum absolute atomic E-state index is 0.657. The molecular weight excluding hydrogens is 192 g/mol. The maximum Gasteiger partial charge on any atom is 0.667 e. The molecule has 12 heavy (non-hydrogen) atoms. The van der Waals surface area contributed by atoms with E-state index < -0.39 is 18.8 Å². The Morgan fingerprint density at radius 2 is 1.75 bits per heavy atom. The van der Waals surface area contributed by atoms with Crippen molar-refractivity contribution in [1.82, 2.24) is 0 Å². The molecular formula is C6H16O4Si2. The van der Waals surface area contributed by atoms with Crippen LogP contribution in [0.15, 0.2) is 12.7 Å². The third kappa shape index (κ3) is 3.61. The second-order valence-electron chi connectivity index (χ2n) is 2.04. The van der Waals surface area contributed by atoms with Crippen LogP contribution in [0.4, 0.5) is 0 Å². The molecule has 0 radical (unpaired) electrons. The van der Waals surface area contributed by atoms with Crippen LogP contribution >= 0.6 is 0 Å². The molecule has 6 heteroatoms. The molecule has 0 N–H and O–H groups in total. The minimum atomic E-state index is -2.74. The van der Waals surface area contributed by atoms with Crippen molar-refractivity contribution in [3.8, 4) is 0 Å². The van der Waals surface area contributed by atoms with Crippen molar-refractivity contribution in [3.63, 3.8) is 0 Å². The lowest BCUT2D eigenvalue weighted by atomic mass is 10.8.